The Kier molecular flexibility index (Phi) is 9.70. The molecule has 2 aromatic rings. The fourth-order valence-corrected chi connectivity index (χ4v) is 4.78. The summed E-state index contributed by atoms with van der Waals surface area (Å²) in [6.45, 7) is 4.21. The van der Waals surface area contributed by atoms with Gasteiger partial charge in [0.05, 0.1) is 6.42 Å². The number of hydrogen-bond donors (Lipinski definition) is 3. The van der Waals surface area contributed by atoms with Gasteiger partial charge in [0.1, 0.15) is 6.61 Å². The average molecular weight is 481 g/mol. The van der Waals surface area contributed by atoms with Gasteiger partial charge in [-0.25, -0.2) is 4.79 Å². The summed E-state index contributed by atoms with van der Waals surface area (Å²) in [5.41, 5.74) is 4.61. The van der Waals surface area contributed by atoms with Crippen LogP contribution in [0.15, 0.2) is 48.5 Å². The minimum atomic E-state index is -0.942. The lowest BCUT2D eigenvalue weighted by Crippen LogP contribution is -2.43. The van der Waals surface area contributed by atoms with E-state index in [1.807, 2.05) is 31.2 Å². The number of hydrogen-bond acceptors (Lipinski definition) is 4. The summed E-state index contributed by atoms with van der Waals surface area (Å²) in [4.78, 5) is 36.4. The molecule has 1 aliphatic rings. The third-order valence-corrected chi connectivity index (χ3v) is 6.43. The monoisotopic (exact) mass is 480 g/mol. The second-order valence-corrected chi connectivity index (χ2v) is 9.16. The first-order valence-corrected chi connectivity index (χ1v) is 12.6. The minimum Gasteiger partial charge on any atom is -0.481 e. The zero-order valence-electron chi connectivity index (χ0n) is 20.6. The van der Waals surface area contributed by atoms with Gasteiger partial charge in [0.25, 0.3) is 0 Å². The van der Waals surface area contributed by atoms with Crippen molar-refractivity contribution in [3.8, 4) is 11.1 Å². The highest BCUT2D eigenvalue weighted by Crippen LogP contribution is 2.44. The quantitative estimate of drug-likeness (QED) is 0.364. The lowest BCUT2D eigenvalue weighted by Gasteiger charge is -2.21. The first-order valence-electron chi connectivity index (χ1n) is 12.6. The van der Waals surface area contributed by atoms with Crippen LogP contribution in [-0.2, 0) is 14.3 Å². The van der Waals surface area contributed by atoms with Crippen LogP contribution < -0.4 is 10.6 Å². The van der Waals surface area contributed by atoms with Gasteiger partial charge < -0.3 is 20.5 Å². The summed E-state index contributed by atoms with van der Waals surface area (Å²) in [5, 5.41) is 14.8. The number of ether oxygens (including phenoxy) is 1. The van der Waals surface area contributed by atoms with E-state index in [1.165, 1.54) is 0 Å². The van der Waals surface area contributed by atoms with Gasteiger partial charge in [-0.3, -0.25) is 9.59 Å². The fraction of sp³-hybridized carbons (Fsp3) is 0.464. The Balaban J connectivity index is 1.59. The van der Waals surface area contributed by atoms with Crippen LogP contribution in [-0.4, -0.2) is 41.8 Å². The number of benzene rings is 2. The maximum Gasteiger partial charge on any atom is 0.407 e. The summed E-state index contributed by atoms with van der Waals surface area (Å²) >= 11 is 0. The Hall–Kier alpha value is -3.35. The van der Waals surface area contributed by atoms with Crippen molar-refractivity contribution in [3.63, 3.8) is 0 Å². The number of carboxylic acid groups (broad SMARTS) is 1. The summed E-state index contributed by atoms with van der Waals surface area (Å²) in [6, 6.07) is 15.5. The van der Waals surface area contributed by atoms with E-state index in [-0.39, 0.29) is 37.3 Å². The molecule has 2 atom stereocenters. The summed E-state index contributed by atoms with van der Waals surface area (Å²) in [7, 11) is 0. The van der Waals surface area contributed by atoms with Gasteiger partial charge in [-0.05, 0) is 35.1 Å². The van der Waals surface area contributed by atoms with Crippen molar-refractivity contribution in [2.75, 3.05) is 6.61 Å². The highest BCUT2D eigenvalue weighted by Gasteiger charge is 2.29. The smallest absolute Gasteiger partial charge is 0.407 e. The van der Waals surface area contributed by atoms with Crippen LogP contribution in [0.1, 0.15) is 75.8 Å². The molecule has 1 aliphatic carbocycles. The Morgan fingerprint density at radius 1 is 0.857 bits per heavy atom. The van der Waals surface area contributed by atoms with Crippen LogP contribution in [0.5, 0.6) is 0 Å². The molecule has 0 saturated heterocycles. The number of carbonyl (C=O) groups excluding carboxylic acids is 2. The molecule has 7 heteroatoms. The standard InChI is InChI=1S/C28H36N2O5/c1-3-5-11-20(16-26(31)29-19(10-4-2)17-27(32)33)30-28(34)35-18-25-23-14-8-6-12-21(23)22-13-7-9-15-24(22)25/h6-9,12-15,19-20,25H,3-5,10-11,16-18H2,1-2H3,(H,29,31)(H,30,34)(H,32,33)/t19-,20+/m0/s1. The van der Waals surface area contributed by atoms with Crippen LogP contribution >= 0.6 is 0 Å². The molecule has 0 heterocycles. The zero-order chi connectivity index (χ0) is 25.2. The molecule has 0 aromatic heterocycles. The van der Waals surface area contributed by atoms with Crippen molar-refractivity contribution in [2.45, 2.75) is 76.8 Å². The number of carbonyl (C=O) groups is 3. The predicted molar refractivity (Wildman–Crippen MR) is 135 cm³/mol. The molecule has 3 rings (SSSR count). The number of unbranched alkanes of at least 4 members (excludes halogenated alkanes) is 1. The normalized spacial score (nSPS) is 13.9. The lowest BCUT2D eigenvalue weighted by atomic mass is 9.98. The Bertz CT molecular complexity index is 976. The molecule has 0 radical (unpaired) electrons. The number of amides is 2. The molecular weight excluding hydrogens is 444 g/mol. The second kappa shape index (κ2) is 12.9. The minimum absolute atomic E-state index is 0.0311. The maximum atomic E-state index is 12.7. The van der Waals surface area contributed by atoms with Crippen molar-refractivity contribution in [1.29, 1.82) is 0 Å². The van der Waals surface area contributed by atoms with Gasteiger partial charge in [0, 0.05) is 24.4 Å². The van der Waals surface area contributed by atoms with Crippen LogP contribution in [0.4, 0.5) is 4.79 Å². The van der Waals surface area contributed by atoms with Crippen molar-refractivity contribution in [1.82, 2.24) is 10.6 Å². The van der Waals surface area contributed by atoms with Crippen molar-refractivity contribution >= 4 is 18.0 Å². The van der Waals surface area contributed by atoms with Crippen molar-refractivity contribution in [3.05, 3.63) is 59.7 Å². The van der Waals surface area contributed by atoms with E-state index < -0.39 is 18.1 Å². The second-order valence-electron chi connectivity index (χ2n) is 9.16. The fourth-order valence-electron chi connectivity index (χ4n) is 4.78. The molecule has 188 valence electrons. The van der Waals surface area contributed by atoms with Gasteiger partial charge in [0.2, 0.25) is 5.91 Å². The molecule has 2 aromatic carbocycles. The molecule has 2 amide bonds. The van der Waals surface area contributed by atoms with E-state index in [1.54, 1.807) is 0 Å². The third kappa shape index (κ3) is 7.31. The Labute approximate surface area is 207 Å². The van der Waals surface area contributed by atoms with E-state index in [4.69, 9.17) is 9.84 Å². The van der Waals surface area contributed by atoms with Crippen molar-refractivity contribution in [2.24, 2.45) is 0 Å². The SMILES string of the molecule is CCCC[C@H](CC(=O)N[C@@H](CCC)CC(=O)O)NC(=O)OCC1c2ccccc2-c2ccccc21. The van der Waals surface area contributed by atoms with Gasteiger partial charge >= 0.3 is 12.1 Å². The molecule has 0 bridgehead atoms. The molecule has 7 nitrogen and oxygen atoms in total. The summed E-state index contributed by atoms with van der Waals surface area (Å²) < 4.78 is 5.64. The Morgan fingerprint density at radius 2 is 1.46 bits per heavy atom. The lowest BCUT2D eigenvalue weighted by molar-refractivity contribution is -0.137. The molecule has 35 heavy (non-hydrogen) atoms. The van der Waals surface area contributed by atoms with Crippen LogP contribution in [0, 0.1) is 0 Å². The number of fused-ring (bicyclic) bond motifs is 3. The summed E-state index contributed by atoms with van der Waals surface area (Å²) in [5.74, 6) is -1.23. The zero-order valence-corrected chi connectivity index (χ0v) is 20.6. The third-order valence-electron chi connectivity index (χ3n) is 6.43. The molecule has 0 saturated carbocycles. The van der Waals surface area contributed by atoms with E-state index >= 15 is 0 Å². The highest BCUT2D eigenvalue weighted by molar-refractivity contribution is 5.80. The number of rotatable bonds is 13. The molecule has 3 N–H and O–H groups in total. The van der Waals surface area contributed by atoms with E-state index in [2.05, 4.69) is 41.8 Å². The first kappa shape index (κ1) is 26.3. The topological polar surface area (TPSA) is 105 Å². The van der Waals surface area contributed by atoms with Gasteiger partial charge in [0.15, 0.2) is 0 Å². The number of carboxylic acids is 1. The molecule has 0 aliphatic heterocycles. The number of nitrogens with one attached hydrogen (secondary N) is 2. The number of alkyl carbamates (subject to hydrolysis) is 1. The van der Waals surface area contributed by atoms with E-state index in [0.717, 1.165) is 41.5 Å². The summed E-state index contributed by atoms with van der Waals surface area (Å²) in [6.07, 6.45) is 3.23. The molecule has 0 fully saturated rings. The highest BCUT2D eigenvalue weighted by atomic mass is 16.5. The maximum absolute atomic E-state index is 12.7. The number of aliphatic carboxylic acids is 1. The van der Waals surface area contributed by atoms with E-state index in [9.17, 15) is 14.4 Å². The van der Waals surface area contributed by atoms with Crippen LogP contribution in [0.25, 0.3) is 11.1 Å². The molecule has 0 spiro atoms. The van der Waals surface area contributed by atoms with E-state index in [0.29, 0.717) is 12.8 Å². The largest absolute Gasteiger partial charge is 0.481 e. The predicted octanol–water partition coefficient (Wildman–Crippen LogP) is 5.23. The van der Waals surface area contributed by atoms with Crippen LogP contribution in [0.3, 0.4) is 0 Å². The van der Waals surface area contributed by atoms with Crippen LogP contribution in [0.2, 0.25) is 0 Å². The van der Waals surface area contributed by atoms with Gasteiger partial charge in [-0.15, -0.1) is 0 Å². The average Bonchev–Trinajstić information content (AvgIpc) is 3.14. The van der Waals surface area contributed by atoms with Crippen molar-refractivity contribution < 1.29 is 24.2 Å². The first-order chi connectivity index (χ1) is 16.9. The van der Waals surface area contributed by atoms with Gasteiger partial charge in [-0.2, -0.15) is 0 Å². The molecule has 0 unspecified atom stereocenters. The Morgan fingerprint density at radius 3 is 2.03 bits per heavy atom. The molecular formula is C28H36N2O5. The van der Waals surface area contributed by atoms with Gasteiger partial charge in [-0.1, -0.05) is 81.6 Å².